The lowest BCUT2D eigenvalue weighted by molar-refractivity contribution is -0.140. The molecule has 0 radical (unpaired) electrons. The van der Waals surface area contributed by atoms with E-state index in [2.05, 4.69) is 5.32 Å². The Balaban J connectivity index is 1.25. The van der Waals surface area contributed by atoms with Crippen molar-refractivity contribution < 1.29 is 51.0 Å². The lowest BCUT2D eigenvalue weighted by Gasteiger charge is -2.28. The first-order valence-electron chi connectivity index (χ1n) is 18.1. The van der Waals surface area contributed by atoms with Crippen LogP contribution < -0.4 is 24.8 Å². The van der Waals surface area contributed by atoms with Gasteiger partial charge in [0.2, 0.25) is 34.1 Å². The van der Waals surface area contributed by atoms with Gasteiger partial charge in [-0.05, 0) is 56.1 Å². The molecule has 0 unspecified atom stereocenters. The molecule has 15 nitrogen and oxygen atoms in total. The molecule has 1 aliphatic heterocycles. The highest BCUT2D eigenvalue weighted by Crippen LogP contribution is 2.48. The molecule has 2 aromatic rings. The van der Waals surface area contributed by atoms with Gasteiger partial charge in [0, 0.05) is 18.4 Å². The summed E-state index contributed by atoms with van der Waals surface area (Å²) in [6.45, 7) is 0.767. The van der Waals surface area contributed by atoms with Crippen LogP contribution in [0.4, 0.5) is 13.6 Å². The van der Waals surface area contributed by atoms with Gasteiger partial charge in [0.15, 0.2) is 0 Å². The van der Waals surface area contributed by atoms with Crippen LogP contribution in [0.1, 0.15) is 76.8 Å². The Hall–Kier alpha value is -4.35. The second-order valence-electron chi connectivity index (χ2n) is 14.7. The maximum Gasteiger partial charge on any atom is 0.405 e. The minimum atomic E-state index is -4.07. The van der Waals surface area contributed by atoms with Crippen molar-refractivity contribution in [3.63, 3.8) is 0 Å². The van der Waals surface area contributed by atoms with Gasteiger partial charge in [0.1, 0.15) is 35.7 Å². The average Bonchev–Trinajstić information content (AvgIpc) is 3.99. The number of nitrogens with one attached hydrogen (secondary N) is 3. The van der Waals surface area contributed by atoms with E-state index in [0.717, 1.165) is 30.1 Å². The molecule has 2 heterocycles. The normalized spacial score (nSPS) is 25.3. The van der Waals surface area contributed by atoms with E-state index in [-0.39, 0.29) is 18.8 Å². The zero-order valence-corrected chi connectivity index (χ0v) is 30.5. The Morgan fingerprint density at radius 3 is 2.49 bits per heavy atom. The third-order valence-electron chi connectivity index (χ3n) is 10.7. The predicted molar refractivity (Wildman–Crippen MR) is 186 cm³/mol. The fraction of sp³-hybridized carbons (Fsp3) is 0.657. The Kier molecular flexibility index (Phi) is 11.3. The van der Waals surface area contributed by atoms with E-state index in [1.807, 2.05) is 10.0 Å². The first kappa shape index (κ1) is 38.4. The van der Waals surface area contributed by atoms with E-state index in [1.54, 1.807) is 25.1 Å². The van der Waals surface area contributed by atoms with Gasteiger partial charge in [0.25, 0.3) is 5.91 Å². The molecule has 53 heavy (non-hydrogen) atoms. The van der Waals surface area contributed by atoms with Crippen molar-refractivity contribution in [1.29, 1.82) is 0 Å². The number of carbonyl (C=O) groups excluding carboxylic acids is 3. The molecule has 6 rings (SSSR count). The van der Waals surface area contributed by atoms with Crippen molar-refractivity contribution >= 4 is 44.9 Å². The molecule has 290 valence electrons. The maximum atomic E-state index is 14.1. The molecule has 1 aromatic carbocycles. The van der Waals surface area contributed by atoms with Gasteiger partial charge < -0.3 is 30.1 Å². The van der Waals surface area contributed by atoms with Crippen LogP contribution in [0, 0.1) is 17.8 Å². The molecule has 1 aromatic heterocycles. The maximum absolute atomic E-state index is 14.1. The number of carbonyl (C=O) groups is 4. The summed E-state index contributed by atoms with van der Waals surface area (Å²) in [6, 6.07) is 3.92. The molecular weight excluding hydrogens is 718 g/mol. The van der Waals surface area contributed by atoms with Crippen LogP contribution in [-0.2, 0) is 30.8 Å². The van der Waals surface area contributed by atoms with Crippen molar-refractivity contribution in [3.05, 3.63) is 23.9 Å². The Bertz CT molecular complexity index is 1840. The summed E-state index contributed by atoms with van der Waals surface area (Å²) >= 11 is 0. The number of alkyl halides is 2. The number of rotatable bonds is 18. The van der Waals surface area contributed by atoms with Crippen molar-refractivity contribution in [2.75, 3.05) is 20.2 Å². The number of fused-ring (bicyclic) bond motifs is 1. The lowest BCUT2D eigenvalue weighted by Crippen LogP contribution is -2.58. The van der Waals surface area contributed by atoms with Crippen LogP contribution in [0.3, 0.4) is 0 Å². The molecule has 0 spiro atoms. The molecule has 4 amide bonds. The average molecular weight is 765 g/mol. The smallest absolute Gasteiger partial charge is 0.405 e. The predicted octanol–water partition coefficient (Wildman–Crippen LogP) is 3.15. The fourth-order valence-corrected chi connectivity index (χ4v) is 8.54. The minimum absolute atomic E-state index is 0.187. The van der Waals surface area contributed by atoms with E-state index in [1.165, 1.54) is 26.4 Å². The molecule has 5 atom stereocenters. The number of amides is 4. The van der Waals surface area contributed by atoms with Crippen LogP contribution in [0.25, 0.3) is 11.0 Å². The third-order valence-corrected chi connectivity index (χ3v) is 12.5. The second kappa shape index (κ2) is 15.6. The molecule has 3 aliphatic carbocycles. The van der Waals surface area contributed by atoms with Gasteiger partial charge in [0.05, 0.1) is 29.9 Å². The van der Waals surface area contributed by atoms with E-state index < -0.39 is 88.0 Å². The van der Waals surface area contributed by atoms with Crippen molar-refractivity contribution in [2.45, 2.75) is 107 Å². The molecular formula is C35H46F2N6O9S. The quantitative estimate of drug-likeness (QED) is 0.162. The summed E-state index contributed by atoms with van der Waals surface area (Å²) in [5.41, 5.74) is -0.254. The van der Waals surface area contributed by atoms with E-state index >= 15 is 0 Å². The Morgan fingerprint density at radius 1 is 1.08 bits per heavy atom. The van der Waals surface area contributed by atoms with E-state index in [4.69, 9.17) is 24.5 Å². The topological polar surface area (TPSA) is 206 Å². The zero-order valence-electron chi connectivity index (χ0n) is 29.7. The molecule has 18 heteroatoms. The summed E-state index contributed by atoms with van der Waals surface area (Å²) < 4.78 is 66.1. The first-order valence-corrected chi connectivity index (χ1v) is 19.7. The first-order chi connectivity index (χ1) is 25.2. The largest absolute Gasteiger partial charge is 0.497 e. The Morgan fingerprint density at radius 2 is 1.83 bits per heavy atom. The second-order valence-corrected chi connectivity index (χ2v) is 16.7. The summed E-state index contributed by atoms with van der Waals surface area (Å²) in [5, 5.41) is 12.9. The number of ether oxygens (including phenoxy) is 2. The fourth-order valence-electron chi connectivity index (χ4n) is 7.18. The number of likely N-dealkylation sites (tertiary alicyclic amines) is 1. The number of aromatic nitrogens is 2. The molecule has 4 N–H and O–H groups in total. The van der Waals surface area contributed by atoms with Gasteiger partial charge in [-0.15, -0.1) is 0 Å². The van der Waals surface area contributed by atoms with Gasteiger partial charge >= 0.3 is 6.09 Å². The van der Waals surface area contributed by atoms with E-state index in [0.29, 0.717) is 41.7 Å². The number of methoxy groups -OCH3 is 1. The number of benzene rings is 1. The molecule has 4 aliphatic rings. The number of aryl methyl sites for hydroxylation is 1. The number of halogens is 2. The number of carboxylic acid groups (broad SMARTS) is 1. The zero-order chi connectivity index (χ0) is 38.1. The number of nitrogens with zero attached hydrogens (tertiary/aromatic N) is 3. The van der Waals surface area contributed by atoms with Crippen LogP contribution in [0.2, 0.25) is 0 Å². The molecule has 4 fully saturated rings. The van der Waals surface area contributed by atoms with Gasteiger partial charge in [-0.3, -0.25) is 19.1 Å². The highest BCUT2D eigenvalue weighted by molar-refractivity contribution is 7.91. The minimum Gasteiger partial charge on any atom is -0.497 e. The highest BCUT2D eigenvalue weighted by Gasteiger charge is 2.64. The number of unbranched alkanes of at least 4 members (excludes halogenated alkanes) is 2. The molecule has 1 saturated heterocycles. The number of hydrogen-bond acceptors (Lipinski definition) is 10. The van der Waals surface area contributed by atoms with Crippen molar-refractivity contribution in [2.24, 2.45) is 17.8 Å². The lowest BCUT2D eigenvalue weighted by atomic mass is 9.98. The van der Waals surface area contributed by atoms with Crippen LogP contribution >= 0.6 is 0 Å². The van der Waals surface area contributed by atoms with Crippen LogP contribution in [0.5, 0.6) is 11.6 Å². The number of hydrogen-bond donors (Lipinski definition) is 4. The summed E-state index contributed by atoms with van der Waals surface area (Å²) in [6.07, 6.45) is 1.77. The van der Waals surface area contributed by atoms with Gasteiger partial charge in [-0.2, -0.15) is 0 Å². The van der Waals surface area contributed by atoms with Crippen LogP contribution in [0.15, 0.2) is 18.2 Å². The summed E-state index contributed by atoms with van der Waals surface area (Å²) in [7, 11) is -2.55. The molecule has 0 bridgehead atoms. The molecule has 3 saturated carbocycles. The highest BCUT2D eigenvalue weighted by atomic mass is 32.2. The monoisotopic (exact) mass is 764 g/mol. The van der Waals surface area contributed by atoms with Gasteiger partial charge in [-0.1, -0.05) is 39.0 Å². The van der Waals surface area contributed by atoms with Crippen LogP contribution in [-0.4, -0.2) is 102 Å². The Labute approximate surface area is 306 Å². The summed E-state index contributed by atoms with van der Waals surface area (Å²) in [5.74, 6) is -3.06. The summed E-state index contributed by atoms with van der Waals surface area (Å²) in [4.78, 5) is 62.9. The SMILES string of the molecule is COc1ccc2nc(CCCCCC3CC3)c(O[C@H]3CN(C(=O)CNC(=O)O)[C@H](C(=O)N[C@]4(C(=O)NS(=O)(=O)C5CC5)C[C@H]4CC(F)F)[C@@H]3C)nc2c1. The standard InChI is InChI=1S/C35H46F2N6O9S/c1-19-27(52-32-25(7-5-3-4-6-20-8-9-20)39-24-13-10-22(51-2)15-26(24)40-32)18-43(29(44)17-38-34(47)48)30(19)31(45)41-35(16-21(35)14-28(36)37)33(46)42-53(49,50)23-11-12-23/h10,13,15,19-21,23,27-28,30,38H,3-9,11-12,14,16-18H2,1-2H3,(H,41,45)(H,42,46)(H,47,48)/t19-,21-,27+,30+,35-/m1/s1. The van der Waals surface area contributed by atoms with Crippen molar-refractivity contribution in [1.82, 2.24) is 30.2 Å². The van der Waals surface area contributed by atoms with Crippen molar-refractivity contribution in [3.8, 4) is 11.6 Å². The number of sulfonamides is 1. The van der Waals surface area contributed by atoms with E-state index in [9.17, 15) is 36.4 Å². The van der Waals surface area contributed by atoms with Gasteiger partial charge in [-0.25, -0.2) is 32.0 Å². The third kappa shape index (κ3) is 9.07.